The van der Waals surface area contributed by atoms with Crippen molar-refractivity contribution in [2.45, 2.75) is 12.7 Å². The van der Waals surface area contributed by atoms with Crippen LogP contribution in [-0.2, 0) is 22.8 Å². The number of hydrogen-bond acceptors (Lipinski definition) is 3. The van der Waals surface area contributed by atoms with E-state index in [1.807, 2.05) is 48.9 Å². The second kappa shape index (κ2) is 5.70. The molecule has 1 aromatic heterocycles. The van der Waals surface area contributed by atoms with Gasteiger partial charge >= 0.3 is 0 Å². The number of rotatable bonds is 4. The van der Waals surface area contributed by atoms with Crippen molar-refractivity contribution in [3.8, 4) is 0 Å². The summed E-state index contributed by atoms with van der Waals surface area (Å²) in [5, 5.41) is 0. The van der Waals surface area contributed by atoms with Gasteiger partial charge in [0.25, 0.3) is 0 Å². The van der Waals surface area contributed by atoms with E-state index in [4.69, 9.17) is 0 Å². The molecule has 3 aromatic rings. The molecule has 5 nitrogen and oxygen atoms in total. The Morgan fingerprint density at radius 2 is 1.96 bits per heavy atom. The lowest BCUT2D eigenvalue weighted by molar-refractivity contribution is 0.593. The molecule has 0 atom stereocenters. The molecule has 0 amide bonds. The van der Waals surface area contributed by atoms with Crippen molar-refractivity contribution in [3.63, 3.8) is 0 Å². The highest BCUT2D eigenvalue weighted by Crippen LogP contribution is 2.23. The van der Waals surface area contributed by atoms with Gasteiger partial charge in [-0.05, 0) is 30.7 Å². The molecule has 0 fully saturated rings. The lowest BCUT2D eigenvalue weighted by Crippen LogP contribution is -2.27. The first kappa shape index (κ1) is 15.6. The van der Waals surface area contributed by atoms with E-state index in [2.05, 4.69) is 4.98 Å². The molecule has 0 saturated heterocycles. The molecule has 0 spiro atoms. The maximum Gasteiger partial charge on any atom is 0.239 e. The second-order valence-corrected chi connectivity index (χ2v) is 7.74. The minimum absolute atomic E-state index is 0.0224. The van der Waals surface area contributed by atoms with Crippen LogP contribution in [0, 0.1) is 6.92 Å². The van der Waals surface area contributed by atoms with Crippen LogP contribution in [-0.4, -0.2) is 25.0 Å². The molecule has 0 radical (unpaired) electrons. The van der Waals surface area contributed by atoms with Crippen molar-refractivity contribution in [3.05, 3.63) is 59.9 Å². The van der Waals surface area contributed by atoms with Gasteiger partial charge in [0, 0.05) is 14.1 Å². The number of imidazole rings is 1. The average molecular weight is 329 g/mol. The lowest BCUT2D eigenvalue weighted by atomic mass is 10.2. The lowest BCUT2D eigenvalue weighted by Gasteiger charge is -2.19. The van der Waals surface area contributed by atoms with Crippen LogP contribution < -0.4 is 4.31 Å². The third-order valence-electron chi connectivity index (χ3n) is 3.92. The zero-order valence-electron chi connectivity index (χ0n) is 13.4. The maximum absolute atomic E-state index is 12.7. The van der Waals surface area contributed by atoms with Gasteiger partial charge in [0.2, 0.25) is 10.0 Å². The van der Waals surface area contributed by atoms with Crippen LogP contribution in [0.4, 0.5) is 5.69 Å². The Hall–Kier alpha value is -2.34. The van der Waals surface area contributed by atoms with Gasteiger partial charge in [0.15, 0.2) is 0 Å². The van der Waals surface area contributed by atoms with Crippen molar-refractivity contribution in [2.24, 2.45) is 7.05 Å². The standard InChI is InChI=1S/C17H19N3O2S/c1-13-5-4-6-14(9-13)11-23(21,22)20(3)15-7-8-17-16(10-15)18-12-19(17)2/h4-10,12H,11H2,1-3H3. The quantitative estimate of drug-likeness (QED) is 0.739. The maximum atomic E-state index is 12.7. The Balaban J connectivity index is 1.91. The summed E-state index contributed by atoms with van der Waals surface area (Å²) in [4.78, 5) is 4.28. The van der Waals surface area contributed by atoms with Gasteiger partial charge in [0.1, 0.15) is 0 Å². The van der Waals surface area contributed by atoms with Crippen LogP contribution in [0.25, 0.3) is 11.0 Å². The average Bonchev–Trinajstić information content (AvgIpc) is 2.87. The van der Waals surface area contributed by atoms with E-state index in [-0.39, 0.29) is 5.75 Å². The van der Waals surface area contributed by atoms with Crippen LogP contribution in [0.5, 0.6) is 0 Å². The number of benzene rings is 2. The predicted octanol–water partition coefficient (Wildman–Crippen LogP) is 2.85. The minimum atomic E-state index is -3.45. The summed E-state index contributed by atoms with van der Waals surface area (Å²) in [6, 6.07) is 13.0. The first-order valence-electron chi connectivity index (χ1n) is 7.30. The smallest absolute Gasteiger partial charge is 0.239 e. The fourth-order valence-corrected chi connectivity index (χ4v) is 3.82. The molecule has 0 N–H and O–H groups in total. The number of anilines is 1. The molecule has 3 rings (SSSR count). The van der Waals surface area contributed by atoms with Crippen molar-refractivity contribution in [1.29, 1.82) is 0 Å². The number of aryl methyl sites for hydroxylation is 2. The molecular formula is C17H19N3O2S. The van der Waals surface area contributed by atoms with Gasteiger partial charge in [-0.15, -0.1) is 0 Å². The normalized spacial score (nSPS) is 11.8. The van der Waals surface area contributed by atoms with Gasteiger partial charge < -0.3 is 4.57 Å². The van der Waals surface area contributed by atoms with Gasteiger partial charge in [-0.25, -0.2) is 13.4 Å². The van der Waals surface area contributed by atoms with Gasteiger partial charge in [-0.1, -0.05) is 29.8 Å². The molecule has 0 unspecified atom stereocenters. The number of sulfonamides is 1. The van der Waals surface area contributed by atoms with Crippen molar-refractivity contribution in [1.82, 2.24) is 9.55 Å². The molecule has 6 heteroatoms. The fraction of sp³-hybridized carbons (Fsp3) is 0.235. The van der Waals surface area contributed by atoms with E-state index in [9.17, 15) is 8.42 Å². The molecular weight excluding hydrogens is 310 g/mol. The zero-order valence-corrected chi connectivity index (χ0v) is 14.2. The summed E-state index contributed by atoms with van der Waals surface area (Å²) in [6.45, 7) is 1.95. The molecule has 23 heavy (non-hydrogen) atoms. The molecule has 0 aliphatic carbocycles. The van der Waals surface area contributed by atoms with Crippen LogP contribution in [0.15, 0.2) is 48.8 Å². The molecule has 1 heterocycles. The highest BCUT2D eigenvalue weighted by molar-refractivity contribution is 7.92. The molecule has 2 aromatic carbocycles. The number of hydrogen-bond donors (Lipinski definition) is 0. The summed E-state index contributed by atoms with van der Waals surface area (Å²) in [5.41, 5.74) is 4.20. The number of fused-ring (bicyclic) bond motifs is 1. The van der Waals surface area contributed by atoms with Crippen molar-refractivity contribution < 1.29 is 8.42 Å². The Morgan fingerprint density at radius 1 is 1.17 bits per heavy atom. The van der Waals surface area contributed by atoms with E-state index >= 15 is 0 Å². The summed E-state index contributed by atoms with van der Waals surface area (Å²) < 4.78 is 28.5. The van der Waals surface area contributed by atoms with E-state index in [1.54, 1.807) is 25.5 Å². The zero-order chi connectivity index (χ0) is 16.6. The van der Waals surface area contributed by atoms with E-state index in [1.165, 1.54) is 4.31 Å². The second-order valence-electron chi connectivity index (χ2n) is 5.74. The van der Waals surface area contributed by atoms with E-state index in [0.29, 0.717) is 5.69 Å². The minimum Gasteiger partial charge on any atom is -0.334 e. The van der Waals surface area contributed by atoms with Gasteiger partial charge in [-0.2, -0.15) is 0 Å². The Labute approximate surface area is 136 Å². The van der Waals surface area contributed by atoms with Crippen LogP contribution in [0.2, 0.25) is 0 Å². The Morgan fingerprint density at radius 3 is 2.70 bits per heavy atom. The van der Waals surface area contributed by atoms with Crippen LogP contribution >= 0.6 is 0 Å². The summed E-state index contributed by atoms with van der Waals surface area (Å²) >= 11 is 0. The summed E-state index contributed by atoms with van der Waals surface area (Å²) in [7, 11) is 0.0423. The first-order valence-corrected chi connectivity index (χ1v) is 8.91. The molecule has 120 valence electrons. The van der Waals surface area contributed by atoms with Crippen LogP contribution in [0.3, 0.4) is 0 Å². The van der Waals surface area contributed by atoms with Crippen LogP contribution in [0.1, 0.15) is 11.1 Å². The molecule has 0 bridgehead atoms. The Bertz CT molecular complexity index is 961. The monoisotopic (exact) mass is 329 g/mol. The third kappa shape index (κ3) is 3.07. The third-order valence-corrected chi connectivity index (χ3v) is 5.66. The van der Waals surface area contributed by atoms with E-state index < -0.39 is 10.0 Å². The van der Waals surface area contributed by atoms with Crippen molar-refractivity contribution >= 4 is 26.7 Å². The number of aromatic nitrogens is 2. The highest BCUT2D eigenvalue weighted by atomic mass is 32.2. The first-order chi connectivity index (χ1) is 10.9. The molecule has 0 saturated carbocycles. The molecule has 0 aliphatic heterocycles. The summed E-state index contributed by atoms with van der Waals surface area (Å²) in [5.74, 6) is -0.0224. The molecule has 0 aliphatic rings. The number of nitrogens with zero attached hydrogens (tertiary/aromatic N) is 3. The SMILES string of the molecule is Cc1cccc(CS(=O)(=O)N(C)c2ccc3c(c2)ncn3C)c1. The highest BCUT2D eigenvalue weighted by Gasteiger charge is 2.20. The fourth-order valence-electron chi connectivity index (χ4n) is 2.59. The van der Waals surface area contributed by atoms with Crippen molar-refractivity contribution in [2.75, 3.05) is 11.4 Å². The Kier molecular flexibility index (Phi) is 3.85. The van der Waals surface area contributed by atoms with E-state index in [0.717, 1.165) is 22.2 Å². The van der Waals surface area contributed by atoms with Gasteiger partial charge in [0.05, 0.1) is 28.8 Å². The topological polar surface area (TPSA) is 55.2 Å². The largest absolute Gasteiger partial charge is 0.334 e. The van der Waals surface area contributed by atoms with Gasteiger partial charge in [-0.3, -0.25) is 4.31 Å². The predicted molar refractivity (Wildman–Crippen MR) is 92.9 cm³/mol. The summed E-state index contributed by atoms with van der Waals surface area (Å²) in [6.07, 6.45) is 1.72.